The van der Waals surface area contributed by atoms with E-state index in [9.17, 15) is 9.59 Å². The second-order valence-electron chi connectivity index (χ2n) is 6.80. The molecule has 0 spiro atoms. The number of ether oxygens (including phenoxy) is 1. The van der Waals surface area contributed by atoms with Crippen LogP contribution in [0.25, 0.3) is 0 Å². The van der Waals surface area contributed by atoms with Crippen molar-refractivity contribution in [2.24, 2.45) is 5.92 Å². The van der Waals surface area contributed by atoms with Crippen LogP contribution in [-0.4, -0.2) is 37.0 Å². The van der Waals surface area contributed by atoms with E-state index in [0.717, 1.165) is 35.5 Å². The fraction of sp³-hybridized carbons (Fsp3) is 0.333. The maximum absolute atomic E-state index is 12.6. The SMILES string of the molecule is COc1ccc(NC(=O)[C@@H]2CCCN(C(=O)Nc3cccc(C)c3)C2)cc1. The quantitative estimate of drug-likeness (QED) is 0.861. The summed E-state index contributed by atoms with van der Waals surface area (Å²) in [6, 6.07) is 14.7. The monoisotopic (exact) mass is 367 g/mol. The molecule has 1 aliphatic rings. The van der Waals surface area contributed by atoms with E-state index in [1.54, 1.807) is 24.1 Å². The summed E-state index contributed by atoms with van der Waals surface area (Å²) >= 11 is 0. The van der Waals surface area contributed by atoms with E-state index in [2.05, 4.69) is 10.6 Å². The Morgan fingerprint density at radius 1 is 1.07 bits per heavy atom. The molecular formula is C21H25N3O3. The van der Waals surface area contributed by atoms with Gasteiger partial charge in [-0.25, -0.2) is 4.79 Å². The molecule has 6 heteroatoms. The lowest BCUT2D eigenvalue weighted by atomic mass is 9.97. The van der Waals surface area contributed by atoms with Crippen molar-refractivity contribution in [2.75, 3.05) is 30.8 Å². The summed E-state index contributed by atoms with van der Waals surface area (Å²) in [4.78, 5) is 26.8. The third-order valence-electron chi connectivity index (χ3n) is 4.71. The highest BCUT2D eigenvalue weighted by Gasteiger charge is 2.28. The fourth-order valence-corrected chi connectivity index (χ4v) is 3.22. The van der Waals surface area contributed by atoms with Crippen molar-refractivity contribution in [3.8, 4) is 5.75 Å². The van der Waals surface area contributed by atoms with Crippen LogP contribution in [-0.2, 0) is 4.79 Å². The van der Waals surface area contributed by atoms with Gasteiger partial charge in [0.05, 0.1) is 13.0 Å². The zero-order valence-corrected chi connectivity index (χ0v) is 15.7. The molecule has 0 saturated carbocycles. The molecule has 6 nitrogen and oxygen atoms in total. The normalized spacial score (nSPS) is 16.5. The minimum Gasteiger partial charge on any atom is -0.497 e. The van der Waals surface area contributed by atoms with Crippen LogP contribution in [0, 0.1) is 12.8 Å². The summed E-state index contributed by atoms with van der Waals surface area (Å²) in [5.41, 5.74) is 2.58. The predicted molar refractivity (Wildman–Crippen MR) is 106 cm³/mol. The highest BCUT2D eigenvalue weighted by Crippen LogP contribution is 2.21. The molecular weight excluding hydrogens is 342 g/mol. The maximum Gasteiger partial charge on any atom is 0.321 e. The van der Waals surface area contributed by atoms with Crippen molar-refractivity contribution in [2.45, 2.75) is 19.8 Å². The fourth-order valence-electron chi connectivity index (χ4n) is 3.22. The second-order valence-corrected chi connectivity index (χ2v) is 6.80. The van der Waals surface area contributed by atoms with Crippen LogP contribution >= 0.6 is 0 Å². The number of nitrogens with one attached hydrogen (secondary N) is 2. The first kappa shape index (κ1) is 18.8. The summed E-state index contributed by atoms with van der Waals surface area (Å²) in [7, 11) is 1.60. The van der Waals surface area contributed by atoms with E-state index >= 15 is 0 Å². The van der Waals surface area contributed by atoms with E-state index in [1.807, 2.05) is 43.3 Å². The molecule has 27 heavy (non-hydrogen) atoms. The van der Waals surface area contributed by atoms with Crippen LogP contribution < -0.4 is 15.4 Å². The van der Waals surface area contributed by atoms with Gasteiger partial charge in [0.1, 0.15) is 5.75 Å². The number of benzene rings is 2. The molecule has 142 valence electrons. The molecule has 1 aliphatic heterocycles. The first-order valence-electron chi connectivity index (χ1n) is 9.12. The minimum atomic E-state index is -0.218. The molecule has 3 amide bonds. The predicted octanol–water partition coefficient (Wildman–Crippen LogP) is 3.89. The molecule has 0 radical (unpaired) electrons. The van der Waals surface area contributed by atoms with Gasteiger partial charge in [-0.3, -0.25) is 4.79 Å². The third-order valence-corrected chi connectivity index (χ3v) is 4.71. The maximum atomic E-state index is 12.6. The molecule has 2 aromatic rings. The zero-order valence-electron chi connectivity index (χ0n) is 15.7. The summed E-state index contributed by atoms with van der Waals surface area (Å²) in [6.07, 6.45) is 1.58. The Balaban J connectivity index is 1.57. The number of hydrogen-bond acceptors (Lipinski definition) is 3. The molecule has 2 aromatic carbocycles. The van der Waals surface area contributed by atoms with Crippen LogP contribution in [0.5, 0.6) is 5.75 Å². The van der Waals surface area contributed by atoms with Crippen molar-refractivity contribution < 1.29 is 14.3 Å². The van der Waals surface area contributed by atoms with Gasteiger partial charge in [0.15, 0.2) is 0 Å². The molecule has 0 bridgehead atoms. The largest absolute Gasteiger partial charge is 0.497 e. The van der Waals surface area contributed by atoms with Gasteiger partial charge >= 0.3 is 6.03 Å². The standard InChI is InChI=1S/C21H25N3O3/c1-15-5-3-7-18(13-15)23-21(26)24-12-4-6-16(14-24)20(25)22-17-8-10-19(27-2)11-9-17/h3,5,7-11,13,16H,4,6,12,14H2,1-2H3,(H,22,25)(H,23,26)/t16-/m1/s1. The number of amides is 3. The Hall–Kier alpha value is -3.02. The van der Waals surface area contributed by atoms with Crippen LogP contribution in [0.2, 0.25) is 0 Å². The number of methoxy groups -OCH3 is 1. The Bertz CT molecular complexity index is 805. The number of carbonyl (C=O) groups excluding carboxylic acids is 2. The van der Waals surface area contributed by atoms with Gasteiger partial charge in [0.25, 0.3) is 0 Å². The molecule has 0 aliphatic carbocycles. The number of urea groups is 1. The van der Waals surface area contributed by atoms with Crippen LogP contribution in [0.4, 0.5) is 16.2 Å². The van der Waals surface area contributed by atoms with Crippen molar-refractivity contribution in [1.82, 2.24) is 4.90 Å². The van der Waals surface area contributed by atoms with Crippen LogP contribution in [0.1, 0.15) is 18.4 Å². The molecule has 0 aromatic heterocycles. The van der Waals surface area contributed by atoms with Gasteiger partial charge < -0.3 is 20.3 Å². The van der Waals surface area contributed by atoms with Crippen molar-refractivity contribution in [3.05, 3.63) is 54.1 Å². The lowest BCUT2D eigenvalue weighted by Gasteiger charge is -2.32. The van der Waals surface area contributed by atoms with Gasteiger partial charge in [0, 0.05) is 24.5 Å². The first-order chi connectivity index (χ1) is 13.0. The van der Waals surface area contributed by atoms with E-state index in [1.165, 1.54) is 0 Å². The van der Waals surface area contributed by atoms with Crippen LogP contribution in [0.15, 0.2) is 48.5 Å². The smallest absolute Gasteiger partial charge is 0.321 e. The van der Waals surface area contributed by atoms with Crippen molar-refractivity contribution in [3.63, 3.8) is 0 Å². The summed E-state index contributed by atoms with van der Waals surface area (Å²) < 4.78 is 5.12. The van der Waals surface area contributed by atoms with Crippen LogP contribution in [0.3, 0.4) is 0 Å². The number of aryl methyl sites for hydroxylation is 1. The van der Waals surface area contributed by atoms with Gasteiger partial charge in [-0.1, -0.05) is 12.1 Å². The van der Waals surface area contributed by atoms with E-state index in [4.69, 9.17) is 4.74 Å². The van der Waals surface area contributed by atoms with E-state index < -0.39 is 0 Å². The molecule has 2 N–H and O–H groups in total. The average molecular weight is 367 g/mol. The van der Waals surface area contributed by atoms with Crippen molar-refractivity contribution >= 4 is 23.3 Å². The Labute approximate surface area is 159 Å². The summed E-state index contributed by atoms with van der Waals surface area (Å²) in [5.74, 6) is 0.460. The van der Waals surface area contributed by atoms with E-state index in [0.29, 0.717) is 13.1 Å². The summed E-state index contributed by atoms with van der Waals surface area (Å²) in [6.45, 7) is 3.06. The Morgan fingerprint density at radius 2 is 1.85 bits per heavy atom. The topological polar surface area (TPSA) is 70.7 Å². The van der Waals surface area contributed by atoms with Crippen molar-refractivity contribution in [1.29, 1.82) is 0 Å². The number of anilines is 2. The molecule has 0 unspecified atom stereocenters. The molecule has 1 atom stereocenters. The number of carbonyl (C=O) groups is 2. The number of hydrogen-bond donors (Lipinski definition) is 2. The van der Waals surface area contributed by atoms with Gasteiger partial charge in [-0.05, 0) is 61.7 Å². The average Bonchev–Trinajstić information content (AvgIpc) is 2.68. The zero-order chi connectivity index (χ0) is 19.2. The number of rotatable bonds is 4. The molecule has 1 saturated heterocycles. The van der Waals surface area contributed by atoms with E-state index in [-0.39, 0.29) is 17.9 Å². The molecule has 1 heterocycles. The number of nitrogens with zero attached hydrogens (tertiary/aromatic N) is 1. The lowest BCUT2D eigenvalue weighted by molar-refractivity contribution is -0.121. The summed E-state index contributed by atoms with van der Waals surface area (Å²) in [5, 5.41) is 5.84. The first-order valence-corrected chi connectivity index (χ1v) is 9.12. The van der Waals surface area contributed by atoms with Gasteiger partial charge in [-0.2, -0.15) is 0 Å². The second kappa shape index (κ2) is 8.58. The highest BCUT2D eigenvalue weighted by atomic mass is 16.5. The Morgan fingerprint density at radius 3 is 2.56 bits per heavy atom. The third kappa shape index (κ3) is 5.00. The molecule has 1 fully saturated rings. The number of piperidine rings is 1. The van der Waals surface area contributed by atoms with Gasteiger partial charge in [-0.15, -0.1) is 0 Å². The minimum absolute atomic E-state index is 0.0618. The Kier molecular flexibility index (Phi) is 5.96. The number of likely N-dealkylation sites (tertiary alicyclic amines) is 1. The van der Waals surface area contributed by atoms with Gasteiger partial charge in [0.2, 0.25) is 5.91 Å². The lowest BCUT2D eigenvalue weighted by Crippen LogP contribution is -2.45. The highest BCUT2D eigenvalue weighted by molar-refractivity contribution is 5.94. The molecule has 3 rings (SSSR count).